The lowest BCUT2D eigenvalue weighted by atomic mass is 10.1. The predicted molar refractivity (Wildman–Crippen MR) is 128 cm³/mol. The van der Waals surface area contributed by atoms with Crippen LogP contribution in [0, 0.1) is 0 Å². The van der Waals surface area contributed by atoms with Gasteiger partial charge in [-0.05, 0) is 17.7 Å². The zero-order chi connectivity index (χ0) is 22.8. The molecule has 0 radical (unpaired) electrons. The molecule has 2 aliphatic heterocycles. The number of carbonyl (C=O) groups is 1. The minimum atomic E-state index is -0.585. The van der Waals surface area contributed by atoms with Gasteiger partial charge in [-0.3, -0.25) is 15.1 Å². The molecule has 33 heavy (non-hydrogen) atoms. The molecule has 1 atom stereocenters. The van der Waals surface area contributed by atoms with Crippen LogP contribution >= 0.6 is 11.8 Å². The number of carbonyl (C=O) groups excluding carboxylic acids is 1. The summed E-state index contributed by atoms with van der Waals surface area (Å²) in [6.45, 7) is 0. The molecule has 3 aromatic carbocycles. The van der Waals surface area contributed by atoms with Crippen LogP contribution in [0.15, 0.2) is 82.9 Å². The number of thioether (sulfide) groups is 1. The lowest BCUT2D eigenvalue weighted by Gasteiger charge is -2.34. The first-order valence-corrected chi connectivity index (χ1v) is 11.4. The van der Waals surface area contributed by atoms with Crippen LogP contribution in [-0.2, 0) is 10.5 Å². The topological polar surface area (TPSA) is 75.5 Å². The van der Waals surface area contributed by atoms with Gasteiger partial charge in [0.2, 0.25) is 0 Å². The van der Waals surface area contributed by atoms with E-state index in [1.54, 1.807) is 19.2 Å². The number of nitrogens with zero attached hydrogens (tertiary/aromatic N) is 3. The van der Waals surface area contributed by atoms with Gasteiger partial charge in [0.1, 0.15) is 5.70 Å². The Bertz CT molecular complexity index is 1360. The molecule has 0 unspecified atom stereocenters. The molecular formula is C25H22N4O3S. The monoisotopic (exact) mass is 458 g/mol. The molecule has 0 saturated heterocycles. The van der Waals surface area contributed by atoms with Crippen molar-refractivity contribution in [1.29, 1.82) is 0 Å². The summed E-state index contributed by atoms with van der Waals surface area (Å²) in [5.41, 5.74) is 2.36. The normalized spacial score (nSPS) is 16.7. The molecule has 0 bridgehead atoms. The second kappa shape index (κ2) is 8.99. The van der Waals surface area contributed by atoms with Crippen LogP contribution in [0.4, 0.5) is 0 Å². The number of hydrogen-bond donors (Lipinski definition) is 1. The highest BCUT2D eigenvalue weighted by molar-refractivity contribution is 8.13. The molecule has 5 rings (SSSR count). The first-order chi connectivity index (χ1) is 16.2. The largest absolute Gasteiger partial charge is 0.493 e. The molecule has 8 heteroatoms. The van der Waals surface area contributed by atoms with E-state index in [9.17, 15) is 4.79 Å². The molecule has 7 nitrogen and oxygen atoms in total. The van der Waals surface area contributed by atoms with Crippen molar-refractivity contribution in [2.45, 2.75) is 11.9 Å². The van der Waals surface area contributed by atoms with Gasteiger partial charge in [0, 0.05) is 16.5 Å². The van der Waals surface area contributed by atoms with Gasteiger partial charge in [0.05, 0.1) is 19.6 Å². The van der Waals surface area contributed by atoms with Crippen molar-refractivity contribution >= 4 is 28.5 Å². The summed E-state index contributed by atoms with van der Waals surface area (Å²) in [4.78, 5) is 18.2. The molecule has 0 aliphatic carbocycles. The van der Waals surface area contributed by atoms with E-state index in [2.05, 4.69) is 5.32 Å². The van der Waals surface area contributed by atoms with Gasteiger partial charge >= 0.3 is 0 Å². The summed E-state index contributed by atoms with van der Waals surface area (Å²) in [7, 11) is 3.19. The van der Waals surface area contributed by atoms with E-state index >= 15 is 0 Å². The maximum atomic E-state index is 13.3. The number of amidine groups is 1. The number of fused-ring (bicyclic) bond motifs is 2. The van der Waals surface area contributed by atoms with Gasteiger partial charge in [-0.25, -0.2) is 5.01 Å². The molecule has 0 spiro atoms. The van der Waals surface area contributed by atoms with Crippen molar-refractivity contribution in [1.82, 2.24) is 10.3 Å². The number of nitrogens with one attached hydrogen (secondary N) is 1. The number of para-hydroxylation sites is 2. The van der Waals surface area contributed by atoms with Gasteiger partial charge in [0.15, 0.2) is 22.8 Å². The molecule has 0 aromatic heterocycles. The molecule has 1 N–H and O–H groups in total. The Morgan fingerprint density at radius 1 is 0.970 bits per heavy atom. The van der Waals surface area contributed by atoms with Crippen LogP contribution in [0.5, 0.6) is 11.5 Å². The van der Waals surface area contributed by atoms with Gasteiger partial charge in [-0.15, -0.1) is 5.10 Å². The number of benzene rings is 3. The van der Waals surface area contributed by atoms with E-state index in [-0.39, 0.29) is 5.91 Å². The quantitative estimate of drug-likeness (QED) is 0.636. The minimum absolute atomic E-state index is 0.213. The third-order valence-electron chi connectivity index (χ3n) is 5.45. The molecular weight excluding hydrogens is 436 g/mol. The van der Waals surface area contributed by atoms with Crippen LogP contribution in [0.1, 0.15) is 17.3 Å². The summed E-state index contributed by atoms with van der Waals surface area (Å²) in [5, 5.41) is 11.4. The molecule has 0 fully saturated rings. The summed E-state index contributed by atoms with van der Waals surface area (Å²) in [5.74, 6) is 1.63. The highest BCUT2D eigenvalue weighted by atomic mass is 32.2. The van der Waals surface area contributed by atoms with Crippen molar-refractivity contribution in [2.24, 2.45) is 10.1 Å². The number of methoxy groups -OCH3 is 2. The lowest BCUT2D eigenvalue weighted by Crippen LogP contribution is -2.50. The number of ether oxygens (including phenoxy) is 2. The Kier molecular flexibility index (Phi) is 5.75. The van der Waals surface area contributed by atoms with Crippen LogP contribution in [0.2, 0.25) is 0 Å². The molecule has 2 heterocycles. The van der Waals surface area contributed by atoms with Gasteiger partial charge in [-0.1, -0.05) is 72.4 Å². The first kappa shape index (κ1) is 21.1. The third kappa shape index (κ3) is 3.93. The third-order valence-corrected chi connectivity index (χ3v) is 6.38. The lowest BCUT2D eigenvalue weighted by molar-refractivity contribution is -0.116. The van der Waals surface area contributed by atoms with Crippen molar-refractivity contribution in [3.8, 4) is 11.5 Å². The van der Waals surface area contributed by atoms with E-state index in [1.165, 1.54) is 11.8 Å². The fourth-order valence-electron chi connectivity index (χ4n) is 3.94. The summed E-state index contributed by atoms with van der Waals surface area (Å²) in [6.07, 6.45) is -0.585. The summed E-state index contributed by atoms with van der Waals surface area (Å²) < 4.78 is 11.2. The summed E-state index contributed by atoms with van der Waals surface area (Å²) >= 11 is 1.47. The smallest absolute Gasteiger partial charge is 0.276 e. The molecule has 166 valence electrons. The highest BCUT2D eigenvalue weighted by Gasteiger charge is 2.36. The van der Waals surface area contributed by atoms with E-state index in [0.29, 0.717) is 28.1 Å². The molecule has 0 saturated carbocycles. The number of hydrazone groups is 1. The van der Waals surface area contributed by atoms with Crippen molar-refractivity contribution in [3.63, 3.8) is 0 Å². The van der Waals surface area contributed by atoms with Crippen molar-refractivity contribution in [2.75, 3.05) is 14.2 Å². The Labute approximate surface area is 195 Å². The Morgan fingerprint density at radius 2 is 1.76 bits per heavy atom. The number of hydrogen-bond acceptors (Lipinski definition) is 7. The zero-order valence-electron chi connectivity index (χ0n) is 18.2. The van der Waals surface area contributed by atoms with E-state index in [4.69, 9.17) is 19.6 Å². The van der Waals surface area contributed by atoms with Crippen LogP contribution < -0.4 is 25.4 Å². The van der Waals surface area contributed by atoms with Crippen LogP contribution in [-0.4, -0.2) is 30.3 Å². The van der Waals surface area contributed by atoms with Gasteiger partial charge in [0.25, 0.3) is 5.91 Å². The SMILES string of the molecule is COc1cccc([C@@H]2N=c3ccccc3=C3C(=O)NC(SCc4ccccc4)=NN32)c1OC. The minimum Gasteiger partial charge on any atom is -0.493 e. The van der Waals surface area contributed by atoms with E-state index in [1.807, 2.05) is 72.8 Å². The van der Waals surface area contributed by atoms with Gasteiger partial charge < -0.3 is 9.47 Å². The second-order valence-electron chi connectivity index (χ2n) is 7.43. The zero-order valence-corrected chi connectivity index (χ0v) is 19.0. The number of amides is 1. The van der Waals surface area contributed by atoms with Gasteiger partial charge in [-0.2, -0.15) is 0 Å². The molecule has 3 aromatic rings. The maximum Gasteiger partial charge on any atom is 0.276 e. The standard InChI is InChI=1S/C25H22N4O3S/c1-31-20-14-8-12-18(22(20)32-2)23-26-19-13-7-6-11-17(19)21-24(30)27-25(28-29(21)23)33-15-16-9-4-3-5-10-16/h3-14,23H,15H2,1-2H3,(H,27,28,30)/t23-/m1/s1. The second-order valence-corrected chi connectivity index (χ2v) is 8.39. The van der Waals surface area contributed by atoms with E-state index in [0.717, 1.165) is 21.7 Å². The maximum absolute atomic E-state index is 13.3. The number of rotatable bonds is 5. The van der Waals surface area contributed by atoms with Crippen molar-refractivity contribution in [3.05, 3.63) is 94.5 Å². The average Bonchev–Trinajstić information content (AvgIpc) is 2.86. The fraction of sp³-hybridized carbons (Fsp3) is 0.160. The van der Waals surface area contributed by atoms with Crippen molar-refractivity contribution < 1.29 is 14.3 Å². The van der Waals surface area contributed by atoms with E-state index < -0.39 is 6.17 Å². The molecule has 2 aliphatic rings. The van der Waals surface area contributed by atoms with Crippen LogP contribution in [0.3, 0.4) is 0 Å². The Morgan fingerprint density at radius 3 is 2.55 bits per heavy atom. The Hall–Kier alpha value is -3.78. The summed E-state index contributed by atoms with van der Waals surface area (Å²) in [6, 6.07) is 23.3. The highest BCUT2D eigenvalue weighted by Crippen LogP contribution is 2.40. The predicted octanol–water partition coefficient (Wildman–Crippen LogP) is 2.78. The average molecular weight is 459 g/mol. The van der Waals surface area contributed by atoms with Crippen LogP contribution in [0.25, 0.3) is 5.70 Å². The first-order valence-electron chi connectivity index (χ1n) is 10.4. The fourth-order valence-corrected chi connectivity index (χ4v) is 4.74. The Balaban J connectivity index is 1.62. The molecule has 1 amide bonds.